The molecule has 6 nitrogen and oxygen atoms in total. The number of rotatable bonds is 3. The number of amides is 2. The molecule has 1 aromatic carbocycles. The van der Waals surface area contributed by atoms with Crippen molar-refractivity contribution in [2.45, 2.75) is 13.0 Å². The number of guanidine groups is 1. The molecule has 1 atom stereocenters. The highest BCUT2D eigenvalue weighted by atomic mass is 35.5. The highest BCUT2D eigenvalue weighted by molar-refractivity contribution is 6.31. The first kappa shape index (κ1) is 14.0. The van der Waals surface area contributed by atoms with Crippen LogP contribution in [0.5, 0.6) is 0 Å². The van der Waals surface area contributed by atoms with Crippen LogP contribution in [-0.4, -0.2) is 43.1 Å². The fourth-order valence-corrected chi connectivity index (χ4v) is 2.94. The second kappa shape index (κ2) is 5.81. The Hall–Kier alpha value is -1.95. The molecule has 1 aromatic rings. The van der Waals surface area contributed by atoms with Crippen LogP contribution < -0.4 is 16.0 Å². The third-order valence-corrected chi connectivity index (χ3v) is 4.00. The molecule has 112 valence electrons. The number of carbonyl (C=O) groups excluding carboxylic acids is 1. The van der Waals surface area contributed by atoms with Gasteiger partial charge in [0.15, 0.2) is 5.96 Å². The number of fused-ring (bicyclic) bond motifs is 1. The van der Waals surface area contributed by atoms with Gasteiger partial charge in [-0.25, -0.2) is 9.79 Å². The van der Waals surface area contributed by atoms with Gasteiger partial charge in [-0.15, -0.1) is 0 Å². The van der Waals surface area contributed by atoms with Crippen LogP contribution >= 0.6 is 11.6 Å². The summed E-state index contributed by atoms with van der Waals surface area (Å²) >= 11 is 6.21. The molecule has 2 aliphatic heterocycles. The molecule has 0 aromatic heterocycles. The van der Waals surface area contributed by atoms with E-state index in [1.54, 1.807) is 4.90 Å². The van der Waals surface area contributed by atoms with Gasteiger partial charge in [-0.1, -0.05) is 17.7 Å². The molecule has 0 saturated carbocycles. The Morgan fingerprint density at radius 3 is 3.14 bits per heavy atom. The highest BCUT2D eigenvalue weighted by Crippen LogP contribution is 2.34. The van der Waals surface area contributed by atoms with Gasteiger partial charge in [0.25, 0.3) is 0 Å². The summed E-state index contributed by atoms with van der Waals surface area (Å²) in [6.07, 6.45) is 0. The summed E-state index contributed by atoms with van der Waals surface area (Å²) in [6, 6.07) is 5.83. The number of nitrogens with zero attached hydrogens (tertiary/aromatic N) is 2. The van der Waals surface area contributed by atoms with Gasteiger partial charge >= 0.3 is 6.03 Å². The number of urea groups is 1. The van der Waals surface area contributed by atoms with Crippen molar-refractivity contribution < 1.29 is 4.79 Å². The van der Waals surface area contributed by atoms with Gasteiger partial charge in [0.2, 0.25) is 0 Å². The normalized spacial score (nSPS) is 20.5. The number of carbonyl (C=O) groups is 1. The second-order valence-corrected chi connectivity index (χ2v) is 5.55. The first-order valence-corrected chi connectivity index (χ1v) is 7.43. The Labute approximate surface area is 128 Å². The fraction of sp³-hybridized carbons (Fsp3) is 0.429. The molecule has 0 bridgehead atoms. The maximum Gasteiger partial charge on any atom is 0.317 e. The van der Waals surface area contributed by atoms with Crippen LogP contribution in [0.15, 0.2) is 23.2 Å². The number of hydrogen-bond acceptors (Lipinski definition) is 4. The topological polar surface area (TPSA) is 68.8 Å². The van der Waals surface area contributed by atoms with Crippen molar-refractivity contribution in [3.8, 4) is 0 Å². The maximum absolute atomic E-state index is 11.4. The monoisotopic (exact) mass is 307 g/mol. The zero-order valence-electron chi connectivity index (χ0n) is 11.8. The number of aliphatic imine (C=N–C) groups is 1. The SMILES string of the molecule is CC1NC(NCCN2CCNC2=O)=Nc2cccc(Cl)c21. The Morgan fingerprint density at radius 1 is 1.52 bits per heavy atom. The van der Waals surface area contributed by atoms with E-state index in [1.165, 1.54) is 0 Å². The Morgan fingerprint density at radius 2 is 2.38 bits per heavy atom. The summed E-state index contributed by atoms with van der Waals surface area (Å²) in [7, 11) is 0. The van der Waals surface area contributed by atoms with Crippen LogP contribution in [0.25, 0.3) is 0 Å². The zero-order valence-corrected chi connectivity index (χ0v) is 12.6. The van der Waals surface area contributed by atoms with Crippen LogP contribution in [-0.2, 0) is 0 Å². The average Bonchev–Trinajstić information content (AvgIpc) is 2.84. The van der Waals surface area contributed by atoms with Crippen molar-refractivity contribution in [1.29, 1.82) is 0 Å². The standard InChI is InChI=1S/C14H18ClN5O/c1-9-12-10(15)3-2-4-11(12)19-13(18-9)16-5-7-20-8-6-17-14(20)21/h2-4,9H,5-8H2,1H3,(H,17,21)(H2,16,18,19). The minimum absolute atomic E-state index is 0.000776. The maximum atomic E-state index is 11.4. The number of halogens is 1. The van der Waals surface area contributed by atoms with E-state index in [0.717, 1.165) is 35.3 Å². The van der Waals surface area contributed by atoms with E-state index in [9.17, 15) is 4.79 Å². The average molecular weight is 308 g/mol. The van der Waals surface area contributed by atoms with Gasteiger partial charge < -0.3 is 20.9 Å². The lowest BCUT2D eigenvalue weighted by molar-refractivity contribution is 0.218. The summed E-state index contributed by atoms with van der Waals surface area (Å²) in [4.78, 5) is 17.7. The molecule has 0 aliphatic carbocycles. The van der Waals surface area contributed by atoms with Crippen LogP contribution in [0.2, 0.25) is 5.02 Å². The lowest BCUT2D eigenvalue weighted by Crippen LogP contribution is -2.44. The van der Waals surface area contributed by atoms with E-state index in [1.807, 2.05) is 18.2 Å². The van der Waals surface area contributed by atoms with Gasteiger partial charge in [0.05, 0.1) is 11.7 Å². The third-order valence-electron chi connectivity index (χ3n) is 3.67. The molecular weight excluding hydrogens is 290 g/mol. The Balaban J connectivity index is 1.63. The lowest BCUT2D eigenvalue weighted by Gasteiger charge is -2.26. The van der Waals surface area contributed by atoms with Crippen molar-refractivity contribution in [3.05, 3.63) is 28.8 Å². The van der Waals surface area contributed by atoms with Gasteiger partial charge in [-0.2, -0.15) is 0 Å². The van der Waals surface area contributed by atoms with Gasteiger partial charge in [0, 0.05) is 36.8 Å². The summed E-state index contributed by atoms with van der Waals surface area (Å²) in [5.41, 5.74) is 1.90. The molecule has 0 spiro atoms. The predicted molar refractivity (Wildman–Crippen MR) is 83.1 cm³/mol. The number of nitrogens with one attached hydrogen (secondary N) is 3. The summed E-state index contributed by atoms with van der Waals surface area (Å²) < 4.78 is 0. The molecule has 2 amide bonds. The fourth-order valence-electron chi connectivity index (χ4n) is 2.61. The smallest absolute Gasteiger partial charge is 0.317 e. The van der Waals surface area contributed by atoms with Crippen molar-refractivity contribution in [1.82, 2.24) is 20.9 Å². The predicted octanol–water partition coefficient (Wildman–Crippen LogP) is 1.61. The van der Waals surface area contributed by atoms with Crippen LogP contribution in [0, 0.1) is 0 Å². The molecule has 2 aliphatic rings. The van der Waals surface area contributed by atoms with Gasteiger partial charge in [-0.05, 0) is 19.1 Å². The van der Waals surface area contributed by atoms with E-state index in [4.69, 9.17) is 11.6 Å². The van der Waals surface area contributed by atoms with Gasteiger partial charge in [-0.3, -0.25) is 0 Å². The summed E-state index contributed by atoms with van der Waals surface area (Å²) in [5, 5.41) is 10.0. The minimum Gasteiger partial charge on any atom is -0.354 e. The molecule has 7 heteroatoms. The zero-order chi connectivity index (χ0) is 14.8. The third kappa shape index (κ3) is 2.90. The molecule has 1 saturated heterocycles. The molecule has 1 fully saturated rings. The van der Waals surface area contributed by atoms with Crippen LogP contribution in [0.3, 0.4) is 0 Å². The van der Waals surface area contributed by atoms with Crippen LogP contribution in [0.1, 0.15) is 18.5 Å². The van der Waals surface area contributed by atoms with Crippen molar-refractivity contribution in [2.24, 2.45) is 4.99 Å². The number of benzene rings is 1. The second-order valence-electron chi connectivity index (χ2n) is 5.14. The Kier molecular flexibility index (Phi) is 3.88. The molecule has 21 heavy (non-hydrogen) atoms. The minimum atomic E-state index is 0.000776. The summed E-state index contributed by atoms with van der Waals surface area (Å²) in [5.74, 6) is 0.719. The van der Waals surface area contributed by atoms with E-state index in [2.05, 4.69) is 27.9 Å². The van der Waals surface area contributed by atoms with Crippen molar-refractivity contribution >= 4 is 29.3 Å². The largest absolute Gasteiger partial charge is 0.354 e. The summed E-state index contributed by atoms with van der Waals surface area (Å²) in [6.45, 7) is 4.84. The quantitative estimate of drug-likeness (QED) is 0.794. The van der Waals surface area contributed by atoms with E-state index >= 15 is 0 Å². The molecule has 0 radical (unpaired) electrons. The molecule has 1 unspecified atom stereocenters. The Bertz CT molecular complexity index is 589. The molecule has 3 N–H and O–H groups in total. The lowest BCUT2D eigenvalue weighted by atomic mass is 10.1. The van der Waals surface area contributed by atoms with E-state index in [-0.39, 0.29) is 12.1 Å². The van der Waals surface area contributed by atoms with E-state index < -0.39 is 0 Å². The molecule has 3 rings (SSSR count). The van der Waals surface area contributed by atoms with Gasteiger partial charge in [0.1, 0.15) is 0 Å². The van der Waals surface area contributed by atoms with E-state index in [0.29, 0.717) is 13.1 Å². The molecule has 2 heterocycles. The number of hydrogen-bond donors (Lipinski definition) is 3. The van der Waals surface area contributed by atoms with Crippen molar-refractivity contribution in [3.63, 3.8) is 0 Å². The first-order chi connectivity index (χ1) is 10.1. The van der Waals surface area contributed by atoms with Crippen LogP contribution in [0.4, 0.5) is 10.5 Å². The highest BCUT2D eigenvalue weighted by Gasteiger charge is 2.21. The molecular formula is C14H18ClN5O. The first-order valence-electron chi connectivity index (χ1n) is 7.05. The van der Waals surface area contributed by atoms with Crippen molar-refractivity contribution in [2.75, 3.05) is 26.2 Å².